The van der Waals surface area contributed by atoms with E-state index in [1.807, 2.05) is 34.9 Å². The molecule has 0 saturated carbocycles. The van der Waals surface area contributed by atoms with Crippen LogP contribution >= 0.6 is 11.8 Å². The molecule has 1 aromatic heterocycles. The molecule has 0 bridgehead atoms. The Kier molecular flexibility index (Phi) is 6.28. The van der Waals surface area contributed by atoms with Gasteiger partial charge in [0.25, 0.3) is 0 Å². The highest BCUT2D eigenvalue weighted by Gasteiger charge is 2.23. The summed E-state index contributed by atoms with van der Waals surface area (Å²) in [5, 5.41) is 17.7. The monoisotopic (exact) mass is 415 g/mol. The average Bonchev–Trinajstić information content (AvgIpc) is 3.16. The summed E-state index contributed by atoms with van der Waals surface area (Å²) in [7, 11) is 4.62. The van der Waals surface area contributed by atoms with Gasteiger partial charge < -0.3 is 19.3 Å². The maximum Gasteiger partial charge on any atom is 0.316 e. The quantitative estimate of drug-likeness (QED) is 0.558. The Morgan fingerprint density at radius 1 is 1.03 bits per heavy atom. The molecular formula is C20H21N3O5S. The summed E-state index contributed by atoms with van der Waals surface area (Å²) in [6.07, 6.45) is 0. The van der Waals surface area contributed by atoms with Crippen molar-refractivity contribution in [3.8, 4) is 34.3 Å². The first kappa shape index (κ1) is 20.5. The number of aromatic nitrogens is 3. The lowest BCUT2D eigenvalue weighted by Gasteiger charge is -2.15. The second-order valence-electron chi connectivity index (χ2n) is 5.99. The Morgan fingerprint density at radius 2 is 1.66 bits per heavy atom. The fourth-order valence-corrected chi connectivity index (χ4v) is 3.56. The van der Waals surface area contributed by atoms with Crippen LogP contribution in [0.1, 0.15) is 6.92 Å². The minimum Gasteiger partial charge on any atom is -0.493 e. The van der Waals surface area contributed by atoms with Crippen molar-refractivity contribution < 1.29 is 24.1 Å². The zero-order chi connectivity index (χ0) is 21.0. The summed E-state index contributed by atoms with van der Waals surface area (Å²) in [5.41, 5.74) is 1.49. The minimum atomic E-state index is -0.924. The van der Waals surface area contributed by atoms with Gasteiger partial charge in [-0.3, -0.25) is 9.36 Å². The summed E-state index contributed by atoms with van der Waals surface area (Å²) in [5.74, 6) is 1.04. The summed E-state index contributed by atoms with van der Waals surface area (Å²) in [4.78, 5) is 11.3. The van der Waals surface area contributed by atoms with E-state index in [9.17, 15) is 9.90 Å². The largest absolute Gasteiger partial charge is 0.493 e. The fourth-order valence-electron chi connectivity index (χ4n) is 2.76. The molecule has 2 aromatic carbocycles. The van der Waals surface area contributed by atoms with E-state index >= 15 is 0 Å². The predicted octanol–water partition coefficient (Wildman–Crippen LogP) is 3.53. The Bertz CT molecular complexity index is 982. The summed E-state index contributed by atoms with van der Waals surface area (Å²) >= 11 is 1.12. The number of para-hydroxylation sites is 1. The highest BCUT2D eigenvalue weighted by molar-refractivity contribution is 8.00. The van der Waals surface area contributed by atoms with Crippen LogP contribution in [0.5, 0.6) is 17.2 Å². The van der Waals surface area contributed by atoms with Gasteiger partial charge in [-0.1, -0.05) is 30.0 Å². The van der Waals surface area contributed by atoms with Gasteiger partial charge in [0.15, 0.2) is 22.5 Å². The van der Waals surface area contributed by atoms with Gasteiger partial charge in [0, 0.05) is 11.3 Å². The first-order valence-electron chi connectivity index (χ1n) is 8.70. The molecule has 0 aliphatic carbocycles. The number of hydrogen-bond acceptors (Lipinski definition) is 7. The Balaban J connectivity index is 2.20. The summed E-state index contributed by atoms with van der Waals surface area (Å²) < 4.78 is 18.1. The summed E-state index contributed by atoms with van der Waals surface area (Å²) in [6, 6.07) is 13.0. The van der Waals surface area contributed by atoms with Gasteiger partial charge in [0.1, 0.15) is 5.25 Å². The van der Waals surface area contributed by atoms with Crippen molar-refractivity contribution in [2.45, 2.75) is 17.3 Å². The van der Waals surface area contributed by atoms with Crippen molar-refractivity contribution in [3.63, 3.8) is 0 Å². The SMILES string of the molecule is COc1cc(-c2nnc(SC(C)C(=O)O)n2-c2ccccc2)cc(OC)c1OC. The molecule has 3 rings (SSSR count). The van der Waals surface area contributed by atoms with E-state index in [-0.39, 0.29) is 0 Å². The minimum absolute atomic E-state index is 0.467. The molecule has 0 spiro atoms. The third-order valence-corrected chi connectivity index (χ3v) is 5.23. The van der Waals surface area contributed by atoms with Crippen LogP contribution in [0.4, 0.5) is 0 Å². The number of aliphatic carboxylic acids is 1. The predicted molar refractivity (Wildman–Crippen MR) is 109 cm³/mol. The Morgan fingerprint density at radius 3 is 2.17 bits per heavy atom. The van der Waals surface area contributed by atoms with Crippen LogP contribution in [-0.2, 0) is 4.79 Å². The van der Waals surface area contributed by atoms with Crippen molar-refractivity contribution in [2.75, 3.05) is 21.3 Å². The lowest BCUT2D eigenvalue weighted by Crippen LogP contribution is -2.12. The molecular weight excluding hydrogens is 394 g/mol. The molecule has 1 N–H and O–H groups in total. The molecule has 0 aliphatic heterocycles. The zero-order valence-electron chi connectivity index (χ0n) is 16.4. The highest BCUT2D eigenvalue weighted by Crippen LogP contribution is 2.41. The second kappa shape index (κ2) is 8.87. The zero-order valence-corrected chi connectivity index (χ0v) is 17.3. The number of nitrogens with zero attached hydrogens (tertiary/aromatic N) is 3. The van der Waals surface area contributed by atoms with Crippen molar-refractivity contribution >= 4 is 17.7 Å². The van der Waals surface area contributed by atoms with E-state index < -0.39 is 11.2 Å². The molecule has 9 heteroatoms. The normalized spacial score (nSPS) is 11.7. The number of thioether (sulfide) groups is 1. The van der Waals surface area contributed by atoms with E-state index in [2.05, 4.69) is 10.2 Å². The van der Waals surface area contributed by atoms with Gasteiger partial charge >= 0.3 is 5.97 Å². The summed E-state index contributed by atoms with van der Waals surface area (Å²) in [6.45, 7) is 1.61. The van der Waals surface area contributed by atoms with Gasteiger partial charge in [0.2, 0.25) is 5.75 Å². The van der Waals surface area contributed by atoms with Gasteiger partial charge in [-0.2, -0.15) is 0 Å². The Hall–Kier alpha value is -3.20. The van der Waals surface area contributed by atoms with E-state index in [0.29, 0.717) is 33.8 Å². The maximum atomic E-state index is 11.3. The van der Waals surface area contributed by atoms with Gasteiger partial charge in [0.05, 0.1) is 21.3 Å². The first-order valence-corrected chi connectivity index (χ1v) is 9.58. The fraction of sp³-hybridized carbons (Fsp3) is 0.250. The van der Waals surface area contributed by atoms with Crippen LogP contribution in [0.15, 0.2) is 47.6 Å². The molecule has 1 heterocycles. The van der Waals surface area contributed by atoms with Crippen LogP contribution in [0.25, 0.3) is 17.1 Å². The molecule has 29 heavy (non-hydrogen) atoms. The van der Waals surface area contributed by atoms with Gasteiger partial charge in [-0.25, -0.2) is 0 Å². The third kappa shape index (κ3) is 4.14. The number of carboxylic acids is 1. The number of methoxy groups -OCH3 is 3. The average molecular weight is 415 g/mol. The molecule has 1 unspecified atom stereocenters. The van der Waals surface area contributed by atoms with E-state index in [1.165, 1.54) is 7.11 Å². The van der Waals surface area contributed by atoms with Crippen LogP contribution in [-0.4, -0.2) is 52.4 Å². The Labute approximate surface area is 172 Å². The molecule has 0 fully saturated rings. The van der Waals surface area contributed by atoms with E-state index in [1.54, 1.807) is 33.3 Å². The molecule has 0 radical (unpaired) electrons. The smallest absolute Gasteiger partial charge is 0.316 e. The van der Waals surface area contributed by atoms with Crippen molar-refractivity contribution in [2.24, 2.45) is 0 Å². The number of carbonyl (C=O) groups is 1. The maximum absolute atomic E-state index is 11.3. The number of rotatable bonds is 8. The van der Waals surface area contributed by atoms with Crippen LogP contribution in [0.3, 0.4) is 0 Å². The molecule has 3 aromatic rings. The molecule has 0 aliphatic rings. The second-order valence-corrected chi connectivity index (χ2v) is 7.30. The van der Waals surface area contributed by atoms with Crippen LogP contribution in [0.2, 0.25) is 0 Å². The number of carboxylic acid groups (broad SMARTS) is 1. The molecule has 0 amide bonds. The number of ether oxygens (including phenoxy) is 3. The molecule has 8 nitrogen and oxygen atoms in total. The van der Waals surface area contributed by atoms with Crippen molar-refractivity contribution in [3.05, 3.63) is 42.5 Å². The standard InChI is InChI=1S/C20H21N3O5S/c1-12(19(24)25)29-20-22-21-18(23(20)14-8-6-5-7-9-14)13-10-15(26-2)17(28-4)16(11-13)27-3/h5-12H,1-4H3,(H,24,25). The third-order valence-electron chi connectivity index (χ3n) is 4.20. The van der Waals surface area contributed by atoms with Crippen LogP contribution in [0, 0.1) is 0 Å². The van der Waals surface area contributed by atoms with Crippen LogP contribution < -0.4 is 14.2 Å². The molecule has 0 saturated heterocycles. The number of benzene rings is 2. The lowest BCUT2D eigenvalue weighted by atomic mass is 10.1. The molecule has 1 atom stereocenters. The van der Waals surface area contributed by atoms with Crippen molar-refractivity contribution in [1.29, 1.82) is 0 Å². The van der Waals surface area contributed by atoms with Gasteiger partial charge in [-0.15, -0.1) is 10.2 Å². The van der Waals surface area contributed by atoms with E-state index in [4.69, 9.17) is 14.2 Å². The number of hydrogen-bond donors (Lipinski definition) is 1. The lowest BCUT2D eigenvalue weighted by molar-refractivity contribution is -0.136. The van der Waals surface area contributed by atoms with Crippen molar-refractivity contribution in [1.82, 2.24) is 14.8 Å². The first-order chi connectivity index (χ1) is 14.0. The van der Waals surface area contributed by atoms with E-state index in [0.717, 1.165) is 17.4 Å². The highest BCUT2D eigenvalue weighted by atomic mass is 32.2. The van der Waals surface area contributed by atoms with Gasteiger partial charge in [-0.05, 0) is 31.2 Å². The molecule has 152 valence electrons. The topological polar surface area (TPSA) is 95.7 Å².